The van der Waals surface area contributed by atoms with E-state index in [2.05, 4.69) is 10.3 Å². The second-order valence-corrected chi connectivity index (χ2v) is 6.22. The number of nitrogen functional groups attached to an aromatic ring is 1. The normalized spacial score (nSPS) is 12.8. The van der Waals surface area contributed by atoms with Gasteiger partial charge in [-0.25, -0.2) is 4.98 Å². The lowest BCUT2D eigenvalue weighted by atomic mass is 10.2. The highest BCUT2D eigenvalue weighted by Gasteiger charge is 2.06. The number of thiazole rings is 1. The average molecular weight is 269 g/mol. The standard InChI is InChI=1S/C11H15N3OS2/c1-17(15)6-2-5-13-8-3-4-9-11(10(8)12)14-7-16-9/h3-4,7,13H,2,5-6,12H2,1H3. The molecular formula is C11H15N3OS2. The van der Waals surface area contributed by atoms with E-state index in [1.165, 1.54) is 0 Å². The van der Waals surface area contributed by atoms with Gasteiger partial charge in [0, 0.05) is 29.4 Å². The molecule has 17 heavy (non-hydrogen) atoms. The lowest BCUT2D eigenvalue weighted by molar-refractivity contribution is 0.685. The maximum Gasteiger partial charge on any atom is 0.106 e. The lowest BCUT2D eigenvalue weighted by Crippen LogP contribution is -2.07. The second-order valence-electron chi connectivity index (χ2n) is 3.78. The van der Waals surface area contributed by atoms with Crippen LogP contribution in [0.25, 0.3) is 10.2 Å². The third-order valence-electron chi connectivity index (χ3n) is 2.47. The van der Waals surface area contributed by atoms with Crippen molar-refractivity contribution < 1.29 is 4.21 Å². The molecule has 1 heterocycles. The van der Waals surface area contributed by atoms with Crippen LogP contribution in [0.2, 0.25) is 0 Å². The summed E-state index contributed by atoms with van der Waals surface area (Å²) in [7, 11) is -0.727. The topological polar surface area (TPSA) is 68.0 Å². The average Bonchev–Trinajstić information content (AvgIpc) is 2.75. The third kappa shape index (κ3) is 2.95. The first-order chi connectivity index (χ1) is 8.18. The zero-order valence-electron chi connectivity index (χ0n) is 9.60. The van der Waals surface area contributed by atoms with Crippen molar-refractivity contribution in [3.05, 3.63) is 17.6 Å². The molecule has 2 rings (SSSR count). The number of hydrogen-bond acceptors (Lipinski definition) is 5. The summed E-state index contributed by atoms with van der Waals surface area (Å²) in [5.41, 5.74) is 10.3. The van der Waals surface area contributed by atoms with Gasteiger partial charge < -0.3 is 11.1 Å². The second kappa shape index (κ2) is 5.46. The van der Waals surface area contributed by atoms with Crippen molar-refractivity contribution >= 4 is 43.7 Å². The third-order valence-corrected chi connectivity index (χ3v) is 4.12. The van der Waals surface area contributed by atoms with Gasteiger partial charge in [-0.05, 0) is 18.6 Å². The minimum absolute atomic E-state index is 0.696. The molecular weight excluding hydrogens is 254 g/mol. The van der Waals surface area contributed by atoms with Gasteiger partial charge in [-0.1, -0.05) is 0 Å². The van der Waals surface area contributed by atoms with E-state index >= 15 is 0 Å². The van der Waals surface area contributed by atoms with Crippen molar-refractivity contribution in [1.82, 2.24) is 4.98 Å². The molecule has 0 aliphatic carbocycles. The van der Waals surface area contributed by atoms with Gasteiger partial charge in [0.25, 0.3) is 0 Å². The molecule has 1 unspecified atom stereocenters. The highest BCUT2D eigenvalue weighted by molar-refractivity contribution is 7.84. The lowest BCUT2D eigenvalue weighted by Gasteiger charge is -2.08. The molecule has 0 aliphatic rings. The summed E-state index contributed by atoms with van der Waals surface area (Å²) in [6.45, 7) is 0.777. The summed E-state index contributed by atoms with van der Waals surface area (Å²) in [5, 5.41) is 3.26. The van der Waals surface area contributed by atoms with Crippen LogP contribution in [0.4, 0.5) is 11.4 Å². The summed E-state index contributed by atoms with van der Waals surface area (Å²) in [6, 6.07) is 3.99. The number of rotatable bonds is 5. The summed E-state index contributed by atoms with van der Waals surface area (Å²) in [6.07, 6.45) is 2.59. The van der Waals surface area contributed by atoms with E-state index in [0.717, 1.165) is 28.9 Å². The van der Waals surface area contributed by atoms with Crippen LogP contribution in [0.15, 0.2) is 17.6 Å². The van der Waals surface area contributed by atoms with Crippen molar-refractivity contribution in [2.45, 2.75) is 6.42 Å². The minimum atomic E-state index is -0.727. The predicted molar refractivity (Wildman–Crippen MR) is 76.1 cm³/mol. The number of fused-ring (bicyclic) bond motifs is 1. The maximum atomic E-state index is 10.9. The number of nitrogens with zero attached hydrogens (tertiary/aromatic N) is 1. The Balaban J connectivity index is 2.03. The Morgan fingerprint density at radius 1 is 1.53 bits per heavy atom. The number of aromatic nitrogens is 1. The zero-order chi connectivity index (χ0) is 12.3. The van der Waals surface area contributed by atoms with Gasteiger partial charge in [0.2, 0.25) is 0 Å². The summed E-state index contributed by atoms with van der Waals surface area (Å²) < 4.78 is 12.0. The van der Waals surface area contributed by atoms with Crippen LogP contribution < -0.4 is 11.1 Å². The molecule has 92 valence electrons. The number of anilines is 2. The van der Waals surface area contributed by atoms with E-state index in [9.17, 15) is 4.21 Å². The van der Waals surface area contributed by atoms with Crippen molar-refractivity contribution in [3.63, 3.8) is 0 Å². The van der Waals surface area contributed by atoms with Crippen LogP contribution in [0, 0.1) is 0 Å². The van der Waals surface area contributed by atoms with E-state index in [1.807, 2.05) is 12.1 Å². The molecule has 6 heteroatoms. The largest absolute Gasteiger partial charge is 0.395 e. The van der Waals surface area contributed by atoms with Crippen LogP contribution in [0.5, 0.6) is 0 Å². The molecule has 0 radical (unpaired) electrons. The van der Waals surface area contributed by atoms with Gasteiger partial charge in [-0.3, -0.25) is 4.21 Å². The molecule has 3 N–H and O–H groups in total. The van der Waals surface area contributed by atoms with Gasteiger partial charge in [0.15, 0.2) is 0 Å². The fraction of sp³-hybridized carbons (Fsp3) is 0.364. The Labute approximate surface area is 107 Å². The highest BCUT2D eigenvalue weighted by Crippen LogP contribution is 2.29. The van der Waals surface area contributed by atoms with Gasteiger partial charge in [-0.15, -0.1) is 11.3 Å². The van der Waals surface area contributed by atoms with Crippen LogP contribution >= 0.6 is 11.3 Å². The Morgan fingerprint density at radius 2 is 2.35 bits per heavy atom. The van der Waals surface area contributed by atoms with Crippen LogP contribution in [-0.2, 0) is 10.8 Å². The smallest absolute Gasteiger partial charge is 0.106 e. The number of nitrogens with one attached hydrogen (secondary N) is 1. The molecule has 1 aromatic heterocycles. The molecule has 0 saturated carbocycles. The number of benzene rings is 1. The van der Waals surface area contributed by atoms with E-state index in [-0.39, 0.29) is 0 Å². The Morgan fingerprint density at radius 3 is 3.12 bits per heavy atom. The molecule has 0 bridgehead atoms. The Bertz CT molecular complexity index is 538. The Kier molecular flexibility index (Phi) is 3.96. The van der Waals surface area contributed by atoms with Crippen molar-refractivity contribution in [2.24, 2.45) is 0 Å². The fourth-order valence-electron chi connectivity index (χ4n) is 1.60. The molecule has 1 aromatic carbocycles. The summed E-state index contributed by atoms with van der Waals surface area (Å²) in [4.78, 5) is 4.24. The molecule has 0 spiro atoms. The molecule has 0 saturated heterocycles. The highest BCUT2D eigenvalue weighted by atomic mass is 32.2. The van der Waals surface area contributed by atoms with Crippen molar-refractivity contribution in [3.8, 4) is 0 Å². The summed E-state index contributed by atoms with van der Waals surface area (Å²) >= 11 is 1.58. The molecule has 4 nitrogen and oxygen atoms in total. The van der Waals surface area contributed by atoms with Gasteiger partial charge in [-0.2, -0.15) is 0 Å². The molecule has 1 atom stereocenters. The van der Waals surface area contributed by atoms with Crippen LogP contribution in [0.3, 0.4) is 0 Å². The number of nitrogens with two attached hydrogens (primary N) is 1. The maximum absolute atomic E-state index is 10.9. The van der Waals surface area contributed by atoms with E-state index in [4.69, 9.17) is 5.73 Å². The minimum Gasteiger partial charge on any atom is -0.395 e. The molecule has 0 amide bonds. The number of hydrogen-bond donors (Lipinski definition) is 2. The molecule has 0 fully saturated rings. The zero-order valence-corrected chi connectivity index (χ0v) is 11.2. The van der Waals surface area contributed by atoms with Gasteiger partial charge in [0.1, 0.15) is 5.52 Å². The first kappa shape index (κ1) is 12.3. The fourth-order valence-corrected chi connectivity index (χ4v) is 2.85. The first-order valence-electron chi connectivity index (χ1n) is 5.34. The summed E-state index contributed by atoms with van der Waals surface area (Å²) in [5.74, 6) is 0.714. The molecule has 2 aromatic rings. The Hall–Kier alpha value is -1.14. The molecule has 0 aliphatic heterocycles. The first-order valence-corrected chi connectivity index (χ1v) is 7.94. The predicted octanol–water partition coefficient (Wildman–Crippen LogP) is 2.06. The van der Waals surface area contributed by atoms with E-state index in [0.29, 0.717) is 11.4 Å². The van der Waals surface area contributed by atoms with Crippen molar-refractivity contribution in [2.75, 3.05) is 29.6 Å². The van der Waals surface area contributed by atoms with Crippen LogP contribution in [0.1, 0.15) is 6.42 Å². The quantitative estimate of drug-likeness (QED) is 0.644. The SMILES string of the molecule is CS(=O)CCCNc1ccc2scnc2c1N. The monoisotopic (exact) mass is 269 g/mol. The van der Waals surface area contributed by atoms with Gasteiger partial charge >= 0.3 is 0 Å². The van der Waals surface area contributed by atoms with Crippen LogP contribution in [-0.4, -0.2) is 27.7 Å². The van der Waals surface area contributed by atoms with Gasteiger partial charge in [0.05, 0.1) is 21.6 Å². The van der Waals surface area contributed by atoms with E-state index < -0.39 is 10.8 Å². The van der Waals surface area contributed by atoms with E-state index in [1.54, 1.807) is 23.1 Å². The van der Waals surface area contributed by atoms with Crippen molar-refractivity contribution in [1.29, 1.82) is 0 Å².